The first-order valence-corrected chi connectivity index (χ1v) is 8.65. The van der Waals surface area contributed by atoms with Crippen molar-refractivity contribution in [1.82, 2.24) is 19.7 Å². The third kappa shape index (κ3) is 3.81. The number of aryl methyl sites for hydroxylation is 2. The molecular weight excluding hydrogens is 344 g/mol. The zero-order chi connectivity index (χ0) is 19.6. The van der Waals surface area contributed by atoms with E-state index in [0.717, 1.165) is 16.6 Å². The third-order valence-electron chi connectivity index (χ3n) is 4.68. The van der Waals surface area contributed by atoms with E-state index in [-0.39, 0.29) is 18.6 Å². The third-order valence-corrected chi connectivity index (χ3v) is 4.68. The standard InChI is InChI=1S/C20H22N4O3/c1-13-17-10-16(11-21-19(17)24(4)22-13)20(26)27-12-18(25)23(3)14(2)15-8-6-5-7-9-15/h5-11,14H,12H2,1-4H3/t14-/m1/s1. The number of carbonyl (C=O) groups is 2. The van der Waals surface area contributed by atoms with Crippen molar-refractivity contribution in [3.63, 3.8) is 0 Å². The maximum atomic E-state index is 12.4. The van der Waals surface area contributed by atoms with Crippen molar-refractivity contribution in [3.05, 3.63) is 59.4 Å². The van der Waals surface area contributed by atoms with E-state index in [0.29, 0.717) is 11.2 Å². The molecule has 0 saturated carbocycles. The normalized spacial score (nSPS) is 12.0. The van der Waals surface area contributed by atoms with Crippen molar-refractivity contribution >= 4 is 22.9 Å². The number of rotatable bonds is 5. The minimum atomic E-state index is -0.582. The molecule has 0 aliphatic carbocycles. The molecule has 140 valence electrons. The fraction of sp³-hybridized carbons (Fsp3) is 0.300. The number of hydrogen-bond donors (Lipinski definition) is 0. The molecule has 0 N–H and O–H groups in total. The highest BCUT2D eigenvalue weighted by Crippen LogP contribution is 2.19. The molecule has 3 aromatic rings. The van der Waals surface area contributed by atoms with Gasteiger partial charge < -0.3 is 9.64 Å². The molecule has 3 rings (SSSR count). The lowest BCUT2D eigenvalue weighted by molar-refractivity contribution is -0.135. The molecule has 2 heterocycles. The summed E-state index contributed by atoms with van der Waals surface area (Å²) in [6, 6.07) is 11.3. The molecule has 7 nitrogen and oxygen atoms in total. The Morgan fingerprint density at radius 3 is 2.67 bits per heavy atom. The van der Waals surface area contributed by atoms with E-state index in [1.807, 2.05) is 44.2 Å². The van der Waals surface area contributed by atoms with Gasteiger partial charge in [0.05, 0.1) is 17.3 Å². The summed E-state index contributed by atoms with van der Waals surface area (Å²) in [6.07, 6.45) is 1.44. The van der Waals surface area contributed by atoms with Gasteiger partial charge >= 0.3 is 5.97 Å². The van der Waals surface area contributed by atoms with E-state index >= 15 is 0 Å². The minimum absolute atomic E-state index is 0.117. The second kappa shape index (κ2) is 7.57. The molecule has 0 bridgehead atoms. The van der Waals surface area contributed by atoms with Gasteiger partial charge in [-0.15, -0.1) is 0 Å². The van der Waals surface area contributed by atoms with Gasteiger partial charge in [0.2, 0.25) is 0 Å². The molecule has 0 spiro atoms. The Morgan fingerprint density at radius 2 is 1.96 bits per heavy atom. The van der Waals surface area contributed by atoms with Gasteiger partial charge in [0, 0.05) is 25.7 Å². The predicted octanol–water partition coefficient (Wildman–Crippen LogP) is 2.65. The molecule has 0 unspecified atom stereocenters. The van der Waals surface area contributed by atoms with Gasteiger partial charge in [-0.25, -0.2) is 9.78 Å². The average molecular weight is 366 g/mol. The van der Waals surface area contributed by atoms with Gasteiger partial charge in [0.25, 0.3) is 5.91 Å². The molecule has 1 atom stereocenters. The van der Waals surface area contributed by atoms with Crippen LogP contribution in [0.15, 0.2) is 42.6 Å². The number of amides is 1. The smallest absolute Gasteiger partial charge is 0.340 e. The molecule has 27 heavy (non-hydrogen) atoms. The van der Waals surface area contributed by atoms with Crippen LogP contribution in [0.4, 0.5) is 0 Å². The van der Waals surface area contributed by atoms with Crippen LogP contribution in [-0.4, -0.2) is 45.2 Å². The van der Waals surface area contributed by atoms with Crippen LogP contribution in [0.5, 0.6) is 0 Å². The van der Waals surface area contributed by atoms with Crippen LogP contribution >= 0.6 is 0 Å². The number of likely N-dealkylation sites (N-methyl/N-ethyl adjacent to an activating group) is 1. The summed E-state index contributed by atoms with van der Waals surface area (Å²) < 4.78 is 6.85. The Labute approximate surface area is 157 Å². The molecule has 0 fully saturated rings. The molecule has 0 saturated heterocycles. The van der Waals surface area contributed by atoms with Crippen molar-refractivity contribution in [3.8, 4) is 0 Å². The van der Waals surface area contributed by atoms with Crippen molar-refractivity contribution in [2.24, 2.45) is 7.05 Å². The Balaban J connectivity index is 1.64. The topological polar surface area (TPSA) is 77.3 Å². The zero-order valence-corrected chi connectivity index (χ0v) is 15.8. The van der Waals surface area contributed by atoms with Gasteiger partial charge in [-0.05, 0) is 25.5 Å². The Morgan fingerprint density at radius 1 is 1.26 bits per heavy atom. The van der Waals surface area contributed by atoms with Gasteiger partial charge in [0.1, 0.15) is 0 Å². The zero-order valence-electron chi connectivity index (χ0n) is 15.8. The summed E-state index contributed by atoms with van der Waals surface area (Å²) in [5.41, 5.74) is 2.78. The Hall–Kier alpha value is -3.22. The molecule has 0 radical (unpaired) electrons. The summed E-state index contributed by atoms with van der Waals surface area (Å²) in [4.78, 5) is 30.5. The predicted molar refractivity (Wildman–Crippen MR) is 101 cm³/mol. The number of benzene rings is 1. The second-order valence-electron chi connectivity index (χ2n) is 6.47. The van der Waals surface area contributed by atoms with Gasteiger partial charge in [0.15, 0.2) is 12.3 Å². The summed E-state index contributed by atoms with van der Waals surface area (Å²) >= 11 is 0. The van der Waals surface area contributed by atoms with Crippen LogP contribution in [0, 0.1) is 6.92 Å². The SMILES string of the molecule is Cc1nn(C)c2ncc(C(=O)OCC(=O)N(C)[C@H](C)c3ccccc3)cc12. The van der Waals surface area contributed by atoms with E-state index < -0.39 is 5.97 Å². The molecule has 1 aromatic carbocycles. The van der Waals surface area contributed by atoms with Crippen LogP contribution in [-0.2, 0) is 16.6 Å². The van der Waals surface area contributed by atoms with Gasteiger partial charge in [-0.1, -0.05) is 30.3 Å². The van der Waals surface area contributed by atoms with E-state index in [2.05, 4.69) is 10.1 Å². The van der Waals surface area contributed by atoms with E-state index in [4.69, 9.17) is 4.74 Å². The summed E-state index contributed by atoms with van der Waals surface area (Å²) in [5.74, 6) is -0.854. The molecule has 1 amide bonds. The lowest BCUT2D eigenvalue weighted by atomic mass is 10.1. The lowest BCUT2D eigenvalue weighted by Gasteiger charge is -2.25. The first kappa shape index (κ1) is 18.6. The fourth-order valence-corrected chi connectivity index (χ4v) is 2.90. The van der Waals surface area contributed by atoms with Gasteiger partial charge in [-0.2, -0.15) is 5.10 Å². The number of ether oxygens (including phenoxy) is 1. The van der Waals surface area contributed by atoms with Crippen molar-refractivity contribution in [1.29, 1.82) is 0 Å². The molecule has 2 aromatic heterocycles. The maximum absolute atomic E-state index is 12.4. The van der Waals surface area contributed by atoms with Crippen molar-refractivity contribution in [2.45, 2.75) is 19.9 Å². The van der Waals surface area contributed by atoms with E-state index in [1.165, 1.54) is 6.20 Å². The summed E-state index contributed by atoms with van der Waals surface area (Å²) in [7, 11) is 3.49. The van der Waals surface area contributed by atoms with Crippen LogP contribution in [0.25, 0.3) is 11.0 Å². The van der Waals surface area contributed by atoms with Crippen LogP contribution in [0.3, 0.4) is 0 Å². The highest BCUT2D eigenvalue weighted by atomic mass is 16.5. The average Bonchev–Trinajstić information content (AvgIpc) is 2.98. The number of fused-ring (bicyclic) bond motifs is 1. The summed E-state index contributed by atoms with van der Waals surface area (Å²) in [5, 5.41) is 5.06. The number of nitrogens with zero attached hydrogens (tertiary/aromatic N) is 4. The lowest BCUT2D eigenvalue weighted by Crippen LogP contribution is -2.33. The highest BCUT2D eigenvalue weighted by Gasteiger charge is 2.20. The number of aromatic nitrogens is 3. The fourth-order valence-electron chi connectivity index (χ4n) is 2.90. The Kier molecular flexibility index (Phi) is 5.21. The number of carbonyl (C=O) groups excluding carboxylic acids is 2. The number of esters is 1. The van der Waals surface area contributed by atoms with Gasteiger partial charge in [-0.3, -0.25) is 9.48 Å². The Bertz CT molecular complexity index is 982. The van der Waals surface area contributed by atoms with E-state index in [9.17, 15) is 9.59 Å². The number of hydrogen-bond acceptors (Lipinski definition) is 5. The maximum Gasteiger partial charge on any atom is 0.340 e. The first-order valence-electron chi connectivity index (χ1n) is 8.65. The largest absolute Gasteiger partial charge is 0.452 e. The van der Waals surface area contributed by atoms with Crippen LogP contribution in [0.2, 0.25) is 0 Å². The highest BCUT2D eigenvalue weighted by molar-refractivity contribution is 5.94. The summed E-state index contributed by atoms with van der Waals surface area (Å²) in [6.45, 7) is 3.46. The molecule has 0 aliphatic rings. The molecular formula is C20H22N4O3. The van der Waals surface area contributed by atoms with E-state index in [1.54, 1.807) is 29.7 Å². The number of pyridine rings is 1. The molecule has 0 aliphatic heterocycles. The van der Waals surface area contributed by atoms with Crippen LogP contribution in [0.1, 0.15) is 34.6 Å². The minimum Gasteiger partial charge on any atom is -0.452 e. The van der Waals surface area contributed by atoms with Crippen molar-refractivity contribution in [2.75, 3.05) is 13.7 Å². The quantitative estimate of drug-likeness (QED) is 0.649. The first-order chi connectivity index (χ1) is 12.9. The second-order valence-corrected chi connectivity index (χ2v) is 6.47. The molecule has 7 heteroatoms. The monoisotopic (exact) mass is 366 g/mol. The van der Waals surface area contributed by atoms with Crippen LogP contribution < -0.4 is 0 Å². The van der Waals surface area contributed by atoms with Crippen molar-refractivity contribution < 1.29 is 14.3 Å².